The number of sulfonamides is 1. The molecule has 5 heteroatoms. The molecule has 94 valence electrons. The van der Waals surface area contributed by atoms with E-state index in [2.05, 4.69) is 0 Å². The molecule has 1 atom stereocenters. The van der Waals surface area contributed by atoms with E-state index in [1.807, 2.05) is 6.92 Å². The molecule has 0 spiro atoms. The summed E-state index contributed by atoms with van der Waals surface area (Å²) in [6.45, 7) is 2.31. The second-order valence-corrected chi connectivity index (χ2v) is 6.30. The molecule has 0 saturated carbocycles. The molecule has 1 N–H and O–H groups in total. The number of aliphatic hydroxyl groups excluding tert-OH is 1. The summed E-state index contributed by atoms with van der Waals surface area (Å²) in [5.41, 5.74) is 1.03. The first-order chi connectivity index (χ1) is 8.05. The molecule has 1 aliphatic rings. The van der Waals surface area contributed by atoms with E-state index in [-0.39, 0.29) is 12.6 Å². The molecule has 0 amide bonds. The maximum absolute atomic E-state index is 12.3. The second kappa shape index (κ2) is 4.76. The Balaban J connectivity index is 2.33. The minimum Gasteiger partial charge on any atom is -0.395 e. The van der Waals surface area contributed by atoms with Crippen LogP contribution in [0.25, 0.3) is 0 Å². The molecule has 1 aromatic rings. The molecule has 1 aromatic carbocycles. The zero-order chi connectivity index (χ0) is 12.5. The first-order valence-electron chi connectivity index (χ1n) is 5.75. The number of aryl methyl sites for hydroxylation is 1. The maximum atomic E-state index is 12.3. The van der Waals surface area contributed by atoms with Crippen LogP contribution in [0.2, 0.25) is 0 Å². The van der Waals surface area contributed by atoms with Gasteiger partial charge in [-0.25, -0.2) is 8.42 Å². The molecule has 0 aliphatic carbocycles. The van der Waals surface area contributed by atoms with Crippen molar-refractivity contribution >= 4 is 10.0 Å². The van der Waals surface area contributed by atoms with Crippen LogP contribution in [0.15, 0.2) is 29.2 Å². The zero-order valence-corrected chi connectivity index (χ0v) is 10.7. The van der Waals surface area contributed by atoms with Gasteiger partial charge < -0.3 is 5.11 Å². The minimum absolute atomic E-state index is 0.106. The number of hydrogen-bond acceptors (Lipinski definition) is 3. The quantitative estimate of drug-likeness (QED) is 0.881. The summed E-state index contributed by atoms with van der Waals surface area (Å²) in [7, 11) is -3.44. The Bertz CT molecular complexity index is 481. The molecular weight excluding hydrogens is 238 g/mol. The van der Waals surface area contributed by atoms with E-state index in [0.29, 0.717) is 11.4 Å². The number of aliphatic hydroxyl groups is 1. The average molecular weight is 255 g/mol. The molecule has 1 fully saturated rings. The Kier molecular flexibility index (Phi) is 3.51. The van der Waals surface area contributed by atoms with Crippen molar-refractivity contribution in [1.29, 1.82) is 0 Å². The van der Waals surface area contributed by atoms with E-state index in [1.54, 1.807) is 24.3 Å². The van der Waals surface area contributed by atoms with Crippen LogP contribution in [0.4, 0.5) is 0 Å². The van der Waals surface area contributed by atoms with Gasteiger partial charge in [-0.15, -0.1) is 0 Å². The maximum Gasteiger partial charge on any atom is 0.243 e. The van der Waals surface area contributed by atoms with Gasteiger partial charge in [0.15, 0.2) is 0 Å². The lowest BCUT2D eigenvalue weighted by Crippen LogP contribution is -2.37. The summed E-state index contributed by atoms with van der Waals surface area (Å²) in [5.74, 6) is 0. The predicted octanol–water partition coefficient (Wildman–Crippen LogP) is 1.14. The molecule has 0 unspecified atom stereocenters. The highest BCUT2D eigenvalue weighted by atomic mass is 32.2. The number of benzene rings is 1. The summed E-state index contributed by atoms with van der Waals surface area (Å²) < 4.78 is 26.1. The fraction of sp³-hybridized carbons (Fsp3) is 0.500. The van der Waals surface area contributed by atoms with Crippen molar-refractivity contribution in [2.24, 2.45) is 0 Å². The normalized spacial score (nSPS) is 21.9. The Morgan fingerprint density at radius 2 is 2.00 bits per heavy atom. The highest BCUT2D eigenvalue weighted by Crippen LogP contribution is 2.25. The smallest absolute Gasteiger partial charge is 0.243 e. The highest BCUT2D eigenvalue weighted by molar-refractivity contribution is 7.89. The molecule has 1 saturated heterocycles. The third-order valence-electron chi connectivity index (χ3n) is 3.16. The fourth-order valence-corrected chi connectivity index (χ4v) is 3.84. The zero-order valence-electron chi connectivity index (χ0n) is 9.83. The van der Waals surface area contributed by atoms with Gasteiger partial charge in [-0.3, -0.25) is 0 Å². The van der Waals surface area contributed by atoms with Gasteiger partial charge in [-0.1, -0.05) is 17.7 Å². The largest absolute Gasteiger partial charge is 0.395 e. The third kappa shape index (κ3) is 2.36. The van der Waals surface area contributed by atoms with Gasteiger partial charge in [0.2, 0.25) is 10.0 Å². The highest BCUT2D eigenvalue weighted by Gasteiger charge is 2.34. The Morgan fingerprint density at radius 3 is 2.59 bits per heavy atom. The average Bonchev–Trinajstić information content (AvgIpc) is 2.78. The van der Waals surface area contributed by atoms with Crippen molar-refractivity contribution in [1.82, 2.24) is 4.31 Å². The van der Waals surface area contributed by atoms with E-state index >= 15 is 0 Å². The summed E-state index contributed by atoms with van der Waals surface area (Å²) >= 11 is 0. The first-order valence-corrected chi connectivity index (χ1v) is 7.19. The summed E-state index contributed by atoms with van der Waals surface area (Å²) in [5, 5.41) is 9.18. The monoisotopic (exact) mass is 255 g/mol. The molecule has 1 aliphatic heterocycles. The van der Waals surface area contributed by atoms with Crippen LogP contribution in [0.5, 0.6) is 0 Å². The second-order valence-electron chi connectivity index (χ2n) is 4.41. The molecule has 1 heterocycles. The SMILES string of the molecule is Cc1ccc(S(=O)(=O)N2CCC[C@H]2CO)cc1. The summed E-state index contributed by atoms with van der Waals surface area (Å²) in [6, 6.07) is 6.56. The van der Waals surface area contributed by atoms with Crippen LogP contribution in [0.1, 0.15) is 18.4 Å². The van der Waals surface area contributed by atoms with Crippen molar-refractivity contribution in [2.45, 2.75) is 30.7 Å². The molecule has 0 radical (unpaired) electrons. The standard InChI is InChI=1S/C12H17NO3S/c1-10-4-6-12(7-5-10)17(15,16)13-8-2-3-11(13)9-14/h4-7,11,14H,2-3,8-9H2,1H3/t11-/m0/s1. The van der Waals surface area contributed by atoms with Gasteiger partial charge in [0.25, 0.3) is 0 Å². The van der Waals surface area contributed by atoms with Gasteiger partial charge in [0.1, 0.15) is 0 Å². The van der Waals surface area contributed by atoms with E-state index in [1.165, 1.54) is 4.31 Å². The topological polar surface area (TPSA) is 57.6 Å². The molecular formula is C12H17NO3S. The van der Waals surface area contributed by atoms with Crippen molar-refractivity contribution < 1.29 is 13.5 Å². The van der Waals surface area contributed by atoms with Crippen LogP contribution < -0.4 is 0 Å². The van der Waals surface area contributed by atoms with Crippen molar-refractivity contribution in [3.63, 3.8) is 0 Å². The molecule has 2 rings (SSSR count). The lowest BCUT2D eigenvalue weighted by molar-refractivity contribution is 0.213. The number of nitrogens with zero attached hydrogens (tertiary/aromatic N) is 1. The van der Waals surface area contributed by atoms with E-state index in [0.717, 1.165) is 18.4 Å². The number of rotatable bonds is 3. The molecule has 0 bridgehead atoms. The van der Waals surface area contributed by atoms with Gasteiger partial charge in [0.05, 0.1) is 11.5 Å². The molecule has 17 heavy (non-hydrogen) atoms. The van der Waals surface area contributed by atoms with E-state index in [9.17, 15) is 13.5 Å². The van der Waals surface area contributed by atoms with Crippen molar-refractivity contribution in [3.05, 3.63) is 29.8 Å². The van der Waals surface area contributed by atoms with Crippen molar-refractivity contribution in [3.8, 4) is 0 Å². The lowest BCUT2D eigenvalue weighted by Gasteiger charge is -2.22. The van der Waals surface area contributed by atoms with Crippen LogP contribution in [-0.4, -0.2) is 37.0 Å². The molecule has 4 nitrogen and oxygen atoms in total. The van der Waals surface area contributed by atoms with Crippen molar-refractivity contribution in [2.75, 3.05) is 13.2 Å². The Labute approximate surface area is 102 Å². The Hall–Kier alpha value is -0.910. The fourth-order valence-electron chi connectivity index (χ4n) is 2.15. The van der Waals surface area contributed by atoms with Crippen LogP contribution in [0.3, 0.4) is 0 Å². The van der Waals surface area contributed by atoms with Gasteiger partial charge in [-0.2, -0.15) is 4.31 Å². The van der Waals surface area contributed by atoms with Crippen LogP contribution >= 0.6 is 0 Å². The lowest BCUT2D eigenvalue weighted by atomic mass is 10.2. The minimum atomic E-state index is -3.44. The third-order valence-corrected chi connectivity index (χ3v) is 5.13. The molecule has 0 aromatic heterocycles. The first kappa shape index (κ1) is 12.5. The van der Waals surface area contributed by atoms with E-state index < -0.39 is 10.0 Å². The number of hydrogen-bond donors (Lipinski definition) is 1. The van der Waals surface area contributed by atoms with Crippen LogP contribution in [0, 0.1) is 6.92 Å². The van der Waals surface area contributed by atoms with Gasteiger partial charge in [0, 0.05) is 12.6 Å². The van der Waals surface area contributed by atoms with Gasteiger partial charge in [-0.05, 0) is 31.9 Å². The predicted molar refractivity (Wildman–Crippen MR) is 65.2 cm³/mol. The van der Waals surface area contributed by atoms with Gasteiger partial charge >= 0.3 is 0 Å². The summed E-state index contributed by atoms with van der Waals surface area (Å²) in [6.07, 6.45) is 1.55. The summed E-state index contributed by atoms with van der Waals surface area (Å²) in [4.78, 5) is 0.309. The van der Waals surface area contributed by atoms with Crippen LogP contribution in [-0.2, 0) is 10.0 Å². The van der Waals surface area contributed by atoms with E-state index in [4.69, 9.17) is 0 Å². The Morgan fingerprint density at radius 1 is 1.35 bits per heavy atom.